The van der Waals surface area contributed by atoms with Crippen molar-refractivity contribution < 1.29 is 13.9 Å². The summed E-state index contributed by atoms with van der Waals surface area (Å²) >= 11 is 0. The summed E-state index contributed by atoms with van der Waals surface area (Å²) in [6, 6.07) is 9.01. The second-order valence-corrected chi connectivity index (χ2v) is 7.77. The molecule has 5 nitrogen and oxygen atoms in total. The van der Waals surface area contributed by atoms with Crippen molar-refractivity contribution in [3.05, 3.63) is 47.5 Å². The third kappa shape index (κ3) is 3.83. The molecule has 0 aliphatic carbocycles. The van der Waals surface area contributed by atoms with E-state index in [0.29, 0.717) is 12.2 Å². The number of pyridine rings is 1. The predicted molar refractivity (Wildman–Crippen MR) is 113 cm³/mol. The molecule has 156 valence electrons. The molecule has 2 aromatic rings. The fraction of sp³-hybridized carbons (Fsp3) is 0.455. The van der Waals surface area contributed by atoms with E-state index in [4.69, 9.17) is 4.74 Å². The highest BCUT2D eigenvalue weighted by Gasteiger charge is 2.50. The van der Waals surface area contributed by atoms with Crippen molar-refractivity contribution in [2.75, 3.05) is 20.2 Å². The zero-order valence-electron chi connectivity index (χ0n) is 17.0. The summed E-state index contributed by atoms with van der Waals surface area (Å²) in [5.41, 5.74) is 2.49. The molecule has 1 spiro atoms. The molecular weight excluding hydrogens is 393 g/mol. The van der Waals surface area contributed by atoms with Crippen molar-refractivity contribution in [3.8, 4) is 16.9 Å². The Morgan fingerprint density at radius 2 is 2.14 bits per heavy atom. The number of ether oxygens (including phenoxy) is 1. The molecule has 2 aliphatic rings. The number of nitrogens with zero attached hydrogens (tertiary/aromatic N) is 2. The molecule has 4 rings (SSSR count). The zero-order chi connectivity index (χ0) is 19.9. The Hall–Kier alpha value is -2.18. The molecule has 3 heterocycles. The molecule has 1 aromatic heterocycles. The normalized spacial score (nSPS) is 23.5. The zero-order valence-corrected chi connectivity index (χ0v) is 17.8. The van der Waals surface area contributed by atoms with E-state index in [1.807, 2.05) is 33.0 Å². The highest BCUT2D eigenvalue weighted by Crippen LogP contribution is 2.39. The van der Waals surface area contributed by atoms with E-state index in [1.54, 1.807) is 23.1 Å². The van der Waals surface area contributed by atoms with Crippen molar-refractivity contribution in [1.29, 1.82) is 0 Å². The second-order valence-electron chi connectivity index (χ2n) is 7.77. The molecule has 0 saturated carbocycles. The summed E-state index contributed by atoms with van der Waals surface area (Å²) in [7, 11) is 1.85. The topological polar surface area (TPSA) is 54.5 Å². The Labute approximate surface area is 177 Å². The van der Waals surface area contributed by atoms with Crippen LogP contribution in [0.1, 0.15) is 43.6 Å². The van der Waals surface area contributed by atoms with Gasteiger partial charge in [-0.05, 0) is 56.9 Å². The highest BCUT2D eigenvalue weighted by atomic mass is 35.5. The average Bonchev–Trinajstić information content (AvgIpc) is 3.23. The molecule has 2 fully saturated rings. The quantitative estimate of drug-likeness (QED) is 0.812. The number of aryl methyl sites for hydroxylation is 1. The Morgan fingerprint density at radius 3 is 2.83 bits per heavy atom. The van der Waals surface area contributed by atoms with E-state index in [2.05, 4.69) is 10.3 Å². The van der Waals surface area contributed by atoms with Gasteiger partial charge >= 0.3 is 0 Å². The minimum Gasteiger partial charge on any atom is -0.491 e. The van der Waals surface area contributed by atoms with E-state index in [1.165, 1.54) is 0 Å². The third-order valence-electron chi connectivity index (χ3n) is 5.84. The van der Waals surface area contributed by atoms with Crippen LogP contribution in [0.5, 0.6) is 5.75 Å². The van der Waals surface area contributed by atoms with E-state index in [-0.39, 0.29) is 35.9 Å². The minimum atomic E-state index is -0.467. The number of rotatable bonds is 4. The lowest BCUT2D eigenvalue weighted by atomic mass is 9.96. The minimum absolute atomic E-state index is 0. The fourth-order valence-electron chi connectivity index (χ4n) is 4.42. The van der Waals surface area contributed by atoms with Crippen LogP contribution in [0.2, 0.25) is 0 Å². The van der Waals surface area contributed by atoms with Crippen molar-refractivity contribution in [2.24, 2.45) is 0 Å². The van der Waals surface area contributed by atoms with Crippen LogP contribution in [-0.4, -0.2) is 41.5 Å². The largest absolute Gasteiger partial charge is 0.491 e. The predicted octanol–water partition coefficient (Wildman–Crippen LogP) is 4.04. The molecule has 2 saturated heterocycles. The first-order valence-electron chi connectivity index (χ1n) is 9.87. The van der Waals surface area contributed by atoms with Crippen LogP contribution in [0.15, 0.2) is 30.3 Å². The third-order valence-corrected chi connectivity index (χ3v) is 5.84. The van der Waals surface area contributed by atoms with E-state index in [0.717, 1.165) is 42.8 Å². The van der Waals surface area contributed by atoms with Crippen LogP contribution >= 0.6 is 12.4 Å². The Balaban J connectivity index is 0.00000240. The number of halogens is 2. The molecule has 0 radical (unpaired) electrons. The SMILES string of the molecule is CCOc1cccc(-c2cc(C)nc([C@H]3CC[C@@]4(CCN(C)C4=O)N3)c2)c1F.Cl. The van der Waals surface area contributed by atoms with Crippen molar-refractivity contribution >= 4 is 18.3 Å². The number of benzene rings is 1. The average molecular weight is 420 g/mol. The fourth-order valence-corrected chi connectivity index (χ4v) is 4.42. The summed E-state index contributed by atoms with van der Waals surface area (Å²) in [6.45, 7) is 4.94. The summed E-state index contributed by atoms with van der Waals surface area (Å²) in [4.78, 5) is 19.1. The smallest absolute Gasteiger partial charge is 0.242 e. The van der Waals surface area contributed by atoms with Gasteiger partial charge in [-0.3, -0.25) is 15.1 Å². The number of likely N-dealkylation sites (N-methyl/N-ethyl adjacent to an activating group) is 1. The number of amides is 1. The van der Waals surface area contributed by atoms with Crippen molar-refractivity contribution in [1.82, 2.24) is 15.2 Å². The van der Waals surface area contributed by atoms with Crippen LogP contribution < -0.4 is 10.1 Å². The van der Waals surface area contributed by atoms with Crippen LogP contribution in [0.3, 0.4) is 0 Å². The maximum atomic E-state index is 14.9. The first-order valence-corrected chi connectivity index (χ1v) is 9.87. The number of hydrogen-bond donors (Lipinski definition) is 1. The van der Waals surface area contributed by atoms with Crippen LogP contribution in [0.25, 0.3) is 11.1 Å². The summed E-state index contributed by atoms with van der Waals surface area (Å²) in [5, 5.41) is 3.54. The Bertz CT molecular complexity index is 923. The van der Waals surface area contributed by atoms with Crippen LogP contribution in [0.4, 0.5) is 4.39 Å². The van der Waals surface area contributed by atoms with Gasteiger partial charge in [0.05, 0.1) is 18.3 Å². The molecule has 1 N–H and O–H groups in total. The molecule has 1 amide bonds. The molecule has 0 unspecified atom stereocenters. The maximum Gasteiger partial charge on any atom is 0.242 e. The Morgan fingerprint density at radius 1 is 1.34 bits per heavy atom. The standard InChI is InChI=1S/C22H26FN3O2.ClH/c1-4-28-19-7-5-6-16(20(19)23)15-12-14(2)24-18(13-15)17-8-9-22(25-17)10-11-26(3)21(22)27;/h5-7,12-13,17,25H,4,8-11H2,1-3H3;1H/t17-,22+;/m1./s1. The van der Waals surface area contributed by atoms with Gasteiger partial charge < -0.3 is 9.64 Å². The first-order chi connectivity index (χ1) is 13.4. The lowest BCUT2D eigenvalue weighted by Crippen LogP contribution is -2.47. The molecule has 2 atom stereocenters. The van der Waals surface area contributed by atoms with Gasteiger partial charge in [-0.15, -0.1) is 12.4 Å². The van der Waals surface area contributed by atoms with E-state index in [9.17, 15) is 9.18 Å². The van der Waals surface area contributed by atoms with Gasteiger partial charge in [-0.25, -0.2) is 4.39 Å². The Kier molecular flexibility index (Phi) is 6.15. The van der Waals surface area contributed by atoms with Gasteiger partial charge in [0.2, 0.25) is 5.91 Å². The molecule has 29 heavy (non-hydrogen) atoms. The number of carbonyl (C=O) groups is 1. The lowest BCUT2D eigenvalue weighted by Gasteiger charge is -2.23. The summed E-state index contributed by atoms with van der Waals surface area (Å²) in [6.07, 6.45) is 2.47. The lowest BCUT2D eigenvalue weighted by molar-refractivity contribution is -0.131. The molecule has 2 aliphatic heterocycles. The van der Waals surface area contributed by atoms with Crippen molar-refractivity contribution in [3.63, 3.8) is 0 Å². The summed E-state index contributed by atoms with van der Waals surface area (Å²) in [5.74, 6) is 0.0660. The number of nitrogens with one attached hydrogen (secondary N) is 1. The molecule has 7 heteroatoms. The van der Waals surface area contributed by atoms with Crippen LogP contribution in [0, 0.1) is 12.7 Å². The van der Waals surface area contributed by atoms with E-state index < -0.39 is 5.54 Å². The molecular formula is C22H27ClFN3O2. The molecule has 1 aromatic carbocycles. The van der Waals surface area contributed by atoms with Crippen LogP contribution in [-0.2, 0) is 4.79 Å². The highest BCUT2D eigenvalue weighted by molar-refractivity contribution is 5.88. The van der Waals surface area contributed by atoms with Gasteiger partial charge in [0, 0.05) is 24.8 Å². The number of likely N-dealkylation sites (tertiary alicyclic amines) is 1. The van der Waals surface area contributed by atoms with Gasteiger partial charge in [-0.2, -0.15) is 0 Å². The van der Waals surface area contributed by atoms with Gasteiger partial charge in [-0.1, -0.05) is 12.1 Å². The van der Waals surface area contributed by atoms with Gasteiger partial charge in [0.25, 0.3) is 0 Å². The number of hydrogen-bond acceptors (Lipinski definition) is 4. The van der Waals surface area contributed by atoms with Gasteiger partial charge in [0.15, 0.2) is 11.6 Å². The summed E-state index contributed by atoms with van der Waals surface area (Å²) < 4.78 is 20.3. The monoisotopic (exact) mass is 419 g/mol. The first kappa shape index (κ1) is 21.5. The number of carbonyl (C=O) groups excluding carboxylic acids is 1. The van der Waals surface area contributed by atoms with E-state index >= 15 is 0 Å². The number of aromatic nitrogens is 1. The molecule has 0 bridgehead atoms. The second kappa shape index (κ2) is 8.28. The maximum absolute atomic E-state index is 14.9. The van der Waals surface area contributed by atoms with Crippen molar-refractivity contribution in [2.45, 2.75) is 44.7 Å². The van der Waals surface area contributed by atoms with Gasteiger partial charge in [0.1, 0.15) is 5.54 Å².